The number of carbonyl (C=O) groups excluding carboxylic acids is 1. The van der Waals surface area contributed by atoms with Crippen LogP contribution in [0, 0.1) is 0 Å². The van der Waals surface area contributed by atoms with Crippen LogP contribution in [0.15, 0.2) is 55.1 Å². The molecule has 1 aliphatic rings. The van der Waals surface area contributed by atoms with Crippen molar-refractivity contribution in [3.05, 3.63) is 66.5 Å². The highest BCUT2D eigenvalue weighted by molar-refractivity contribution is 5.91. The van der Waals surface area contributed by atoms with Crippen molar-refractivity contribution in [3.8, 4) is 11.4 Å². The van der Waals surface area contributed by atoms with Crippen LogP contribution in [0.5, 0.6) is 0 Å². The molecule has 0 unspecified atom stereocenters. The summed E-state index contributed by atoms with van der Waals surface area (Å²) in [6.07, 6.45) is 7.61. The number of nitrogens with zero attached hydrogens (tertiary/aromatic N) is 4. The maximum absolute atomic E-state index is 12.6. The Hall–Kier alpha value is -3.06. The Morgan fingerprint density at radius 1 is 1.21 bits per heavy atom. The fourth-order valence-electron chi connectivity index (χ4n) is 3.74. The van der Waals surface area contributed by atoms with Gasteiger partial charge in [-0.15, -0.1) is 0 Å². The number of aryl methyl sites for hydroxylation is 1. The highest BCUT2D eigenvalue weighted by atomic mass is 16.3. The number of imidazole rings is 1. The molecule has 1 aromatic carbocycles. The highest BCUT2D eigenvalue weighted by Gasteiger charge is 2.35. The topological polar surface area (TPSA) is 92.9 Å². The first-order valence-electron chi connectivity index (χ1n) is 9.44. The number of rotatable bonds is 4. The minimum Gasteiger partial charge on any atom is -0.385 e. The second-order valence-corrected chi connectivity index (χ2v) is 7.30. The molecule has 144 valence electrons. The number of nitrogens with one attached hydrogen (secondary N) is 1. The van der Waals surface area contributed by atoms with E-state index in [2.05, 4.69) is 20.3 Å². The van der Waals surface area contributed by atoms with Gasteiger partial charge in [0.05, 0.1) is 29.5 Å². The van der Waals surface area contributed by atoms with E-state index in [1.165, 1.54) is 0 Å². The zero-order valence-corrected chi connectivity index (χ0v) is 15.7. The Labute approximate surface area is 163 Å². The summed E-state index contributed by atoms with van der Waals surface area (Å²) in [5.74, 6) is -0.151. The van der Waals surface area contributed by atoms with Crippen molar-refractivity contribution >= 4 is 5.91 Å². The normalized spacial score (nSPS) is 22.0. The van der Waals surface area contributed by atoms with Crippen molar-refractivity contribution in [2.75, 3.05) is 0 Å². The van der Waals surface area contributed by atoms with Gasteiger partial charge in [-0.3, -0.25) is 4.79 Å². The quantitative estimate of drug-likeness (QED) is 0.728. The average molecular weight is 377 g/mol. The summed E-state index contributed by atoms with van der Waals surface area (Å²) >= 11 is 0. The van der Waals surface area contributed by atoms with Crippen molar-refractivity contribution in [1.29, 1.82) is 0 Å². The van der Waals surface area contributed by atoms with Gasteiger partial charge in [0, 0.05) is 19.3 Å². The number of amides is 1. The molecule has 2 aromatic heterocycles. The van der Waals surface area contributed by atoms with E-state index in [9.17, 15) is 9.90 Å². The SMILES string of the molecule is Cn1cncc1-c1ccnc(C(=O)N[C@H]2CC[C@](O)(c3ccccc3)CC2)n1. The second kappa shape index (κ2) is 7.52. The first-order chi connectivity index (χ1) is 13.5. The van der Waals surface area contributed by atoms with E-state index >= 15 is 0 Å². The Kier molecular flexibility index (Phi) is 4.92. The Balaban J connectivity index is 1.41. The summed E-state index contributed by atoms with van der Waals surface area (Å²) in [5, 5.41) is 13.9. The number of aliphatic hydroxyl groups is 1. The summed E-state index contributed by atoms with van der Waals surface area (Å²) in [5.41, 5.74) is 1.59. The minimum atomic E-state index is -0.821. The second-order valence-electron chi connectivity index (χ2n) is 7.30. The number of carbonyl (C=O) groups is 1. The maximum atomic E-state index is 12.6. The molecule has 1 amide bonds. The van der Waals surface area contributed by atoms with Gasteiger partial charge in [-0.05, 0) is 37.3 Å². The molecule has 1 aliphatic carbocycles. The van der Waals surface area contributed by atoms with E-state index in [0.29, 0.717) is 31.4 Å². The number of benzene rings is 1. The maximum Gasteiger partial charge on any atom is 0.289 e. The number of hydrogen-bond donors (Lipinski definition) is 2. The molecule has 1 fully saturated rings. The van der Waals surface area contributed by atoms with Gasteiger partial charge in [-0.25, -0.2) is 15.0 Å². The average Bonchev–Trinajstić information content (AvgIpc) is 3.16. The summed E-state index contributed by atoms with van der Waals surface area (Å²) < 4.78 is 1.84. The fourth-order valence-corrected chi connectivity index (χ4v) is 3.74. The summed E-state index contributed by atoms with van der Waals surface area (Å²) in [6, 6.07) is 11.5. The standard InChI is InChI=1S/C21H23N5O2/c1-26-14-22-13-18(26)17-9-12-23-19(25-17)20(27)24-16-7-10-21(28,11-8-16)15-5-3-2-4-6-15/h2-6,9,12-14,16,28H,7-8,10-11H2,1H3,(H,24,27)/t16-,21+. The Morgan fingerprint density at radius 2 is 1.96 bits per heavy atom. The summed E-state index contributed by atoms with van der Waals surface area (Å²) in [7, 11) is 1.88. The molecule has 0 aliphatic heterocycles. The van der Waals surface area contributed by atoms with Gasteiger partial charge in [0.15, 0.2) is 0 Å². The van der Waals surface area contributed by atoms with Gasteiger partial charge in [-0.1, -0.05) is 30.3 Å². The van der Waals surface area contributed by atoms with E-state index in [1.54, 1.807) is 24.8 Å². The molecular formula is C21H23N5O2. The van der Waals surface area contributed by atoms with Crippen LogP contribution in [-0.2, 0) is 12.6 Å². The molecule has 0 spiro atoms. The third kappa shape index (κ3) is 3.66. The van der Waals surface area contributed by atoms with Gasteiger partial charge < -0.3 is 15.0 Å². The van der Waals surface area contributed by atoms with Crippen LogP contribution in [0.1, 0.15) is 41.9 Å². The van der Waals surface area contributed by atoms with Crippen molar-refractivity contribution in [2.45, 2.75) is 37.3 Å². The van der Waals surface area contributed by atoms with E-state index in [4.69, 9.17) is 0 Å². The molecule has 7 nitrogen and oxygen atoms in total. The predicted molar refractivity (Wildman–Crippen MR) is 104 cm³/mol. The van der Waals surface area contributed by atoms with Crippen molar-refractivity contribution in [3.63, 3.8) is 0 Å². The van der Waals surface area contributed by atoms with Crippen LogP contribution in [0.25, 0.3) is 11.4 Å². The zero-order chi connectivity index (χ0) is 19.6. The van der Waals surface area contributed by atoms with Crippen molar-refractivity contribution in [2.24, 2.45) is 7.05 Å². The molecular weight excluding hydrogens is 354 g/mol. The lowest BCUT2D eigenvalue weighted by Crippen LogP contribution is -2.42. The number of hydrogen-bond acceptors (Lipinski definition) is 5. The lowest BCUT2D eigenvalue weighted by Gasteiger charge is -2.36. The molecule has 0 radical (unpaired) electrons. The summed E-state index contributed by atoms with van der Waals surface area (Å²) in [6.45, 7) is 0. The molecule has 0 bridgehead atoms. The molecule has 4 rings (SSSR count). The van der Waals surface area contributed by atoms with Crippen LogP contribution in [0.2, 0.25) is 0 Å². The van der Waals surface area contributed by atoms with Crippen LogP contribution in [-0.4, -0.2) is 36.6 Å². The Bertz CT molecular complexity index is 962. The molecule has 2 N–H and O–H groups in total. The minimum absolute atomic E-state index is 0.000413. The van der Waals surface area contributed by atoms with Crippen molar-refractivity contribution < 1.29 is 9.90 Å². The summed E-state index contributed by atoms with van der Waals surface area (Å²) in [4.78, 5) is 25.2. The van der Waals surface area contributed by atoms with E-state index in [0.717, 1.165) is 11.3 Å². The molecule has 7 heteroatoms. The third-order valence-electron chi connectivity index (χ3n) is 5.40. The monoisotopic (exact) mass is 377 g/mol. The van der Waals surface area contributed by atoms with Crippen LogP contribution in [0.4, 0.5) is 0 Å². The molecule has 2 heterocycles. The largest absolute Gasteiger partial charge is 0.385 e. The first-order valence-corrected chi connectivity index (χ1v) is 9.44. The smallest absolute Gasteiger partial charge is 0.289 e. The van der Waals surface area contributed by atoms with Gasteiger partial charge >= 0.3 is 0 Å². The van der Waals surface area contributed by atoms with Crippen LogP contribution >= 0.6 is 0 Å². The van der Waals surface area contributed by atoms with Crippen molar-refractivity contribution in [1.82, 2.24) is 24.8 Å². The molecule has 0 saturated heterocycles. The first kappa shape index (κ1) is 18.3. The van der Waals surface area contributed by atoms with E-state index in [1.807, 2.05) is 41.9 Å². The van der Waals surface area contributed by atoms with Crippen LogP contribution in [0.3, 0.4) is 0 Å². The van der Waals surface area contributed by atoms with Gasteiger partial charge in [-0.2, -0.15) is 0 Å². The highest BCUT2D eigenvalue weighted by Crippen LogP contribution is 2.37. The van der Waals surface area contributed by atoms with Gasteiger partial charge in [0.1, 0.15) is 0 Å². The molecule has 28 heavy (non-hydrogen) atoms. The third-order valence-corrected chi connectivity index (χ3v) is 5.40. The predicted octanol–water partition coefficient (Wildman–Crippen LogP) is 2.44. The van der Waals surface area contributed by atoms with E-state index < -0.39 is 5.60 Å². The Morgan fingerprint density at radius 3 is 2.64 bits per heavy atom. The van der Waals surface area contributed by atoms with E-state index in [-0.39, 0.29) is 17.8 Å². The lowest BCUT2D eigenvalue weighted by atomic mass is 9.78. The van der Waals surface area contributed by atoms with Gasteiger partial charge in [0.2, 0.25) is 5.82 Å². The lowest BCUT2D eigenvalue weighted by molar-refractivity contribution is -0.00807. The molecule has 3 aromatic rings. The van der Waals surface area contributed by atoms with Gasteiger partial charge in [0.25, 0.3) is 5.91 Å². The zero-order valence-electron chi connectivity index (χ0n) is 15.7. The van der Waals surface area contributed by atoms with Crippen LogP contribution < -0.4 is 5.32 Å². The fraction of sp³-hybridized carbons (Fsp3) is 0.333. The molecule has 1 saturated carbocycles. The molecule has 0 atom stereocenters. The number of aromatic nitrogens is 4.